The lowest BCUT2D eigenvalue weighted by molar-refractivity contribution is 0.114. The standard InChI is InChI=1S/C13H25N3/c14-11-9-12-3-4-13(10-11)16(12)8-7-15-5-1-2-6-15/h11-13H,1-10,14H2. The molecule has 2 atom stereocenters. The number of nitrogens with zero attached hydrogens (tertiary/aromatic N) is 2. The van der Waals surface area contributed by atoms with Gasteiger partial charge in [-0.1, -0.05) is 0 Å². The lowest BCUT2D eigenvalue weighted by Crippen LogP contribution is -2.49. The molecule has 0 amide bonds. The molecule has 0 radical (unpaired) electrons. The van der Waals surface area contributed by atoms with E-state index in [0.29, 0.717) is 6.04 Å². The van der Waals surface area contributed by atoms with Crippen molar-refractivity contribution in [2.75, 3.05) is 26.2 Å². The van der Waals surface area contributed by atoms with Gasteiger partial charge < -0.3 is 10.6 Å². The molecule has 3 nitrogen and oxygen atoms in total. The van der Waals surface area contributed by atoms with Crippen molar-refractivity contribution in [3.63, 3.8) is 0 Å². The number of piperidine rings is 1. The molecular weight excluding hydrogens is 198 g/mol. The van der Waals surface area contributed by atoms with E-state index in [1.807, 2.05) is 0 Å². The average Bonchev–Trinajstić information content (AvgIpc) is 2.83. The Balaban J connectivity index is 1.51. The molecule has 16 heavy (non-hydrogen) atoms. The third-order valence-electron chi connectivity index (χ3n) is 4.79. The summed E-state index contributed by atoms with van der Waals surface area (Å²) in [6.07, 6.45) is 8.12. The van der Waals surface area contributed by atoms with E-state index in [4.69, 9.17) is 5.73 Å². The maximum atomic E-state index is 6.10. The van der Waals surface area contributed by atoms with Crippen LogP contribution in [-0.2, 0) is 0 Å². The predicted molar refractivity (Wildman–Crippen MR) is 66.4 cm³/mol. The lowest BCUT2D eigenvalue weighted by Gasteiger charge is -2.38. The largest absolute Gasteiger partial charge is 0.328 e. The molecule has 2 bridgehead atoms. The predicted octanol–water partition coefficient (Wildman–Crippen LogP) is 1.04. The van der Waals surface area contributed by atoms with Gasteiger partial charge in [0.25, 0.3) is 0 Å². The van der Waals surface area contributed by atoms with Crippen LogP contribution in [0.15, 0.2) is 0 Å². The molecule has 3 fully saturated rings. The maximum absolute atomic E-state index is 6.10. The van der Waals surface area contributed by atoms with Crippen molar-refractivity contribution in [2.45, 2.75) is 56.7 Å². The van der Waals surface area contributed by atoms with Gasteiger partial charge >= 0.3 is 0 Å². The second-order valence-corrected chi connectivity index (χ2v) is 5.90. The fourth-order valence-corrected chi connectivity index (χ4v) is 3.94. The highest BCUT2D eigenvalue weighted by atomic mass is 15.3. The zero-order chi connectivity index (χ0) is 11.0. The van der Waals surface area contributed by atoms with E-state index in [1.54, 1.807) is 0 Å². The summed E-state index contributed by atoms with van der Waals surface area (Å²) in [5.41, 5.74) is 6.10. The fourth-order valence-electron chi connectivity index (χ4n) is 3.94. The molecular formula is C13H25N3. The van der Waals surface area contributed by atoms with Gasteiger partial charge in [-0.15, -0.1) is 0 Å². The first kappa shape index (κ1) is 11.0. The Labute approximate surface area is 99.0 Å². The van der Waals surface area contributed by atoms with Gasteiger partial charge in [0.1, 0.15) is 0 Å². The highest BCUT2D eigenvalue weighted by molar-refractivity contribution is 4.96. The smallest absolute Gasteiger partial charge is 0.0115 e. The summed E-state index contributed by atoms with van der Waals surface area (Å²) in [6, 6.07) is 2.12. The fraction of sp³-hybridized carbons (Fsp3) is 1.00. The number of fused-ring (bicyclic) bond motifs is 2. The normalized spacial score (nSPS) is 40.7. The van der Waals surface area contributed by atoms with Gasteiger partial charge in [0, 0.05) is 31.2 Å². The molecule has 0 aliphatic carbocycles. The summed E-state index contributed by atoms with van der Waals surface area (Å²) in [7, 11) is 0. The molecule has 3 aliphatic heterocycles. The second-order valence-electron chi connectivity index (χ2n) is 5.90. The summed E-state index contributed by atoms with van der Waals surface area (Å²) < 4.78 is 0. The van der Waals surface area contributed by atoms with E-state index < -0.39 is 0 Å². The van der Waals surface area contributed by atoms with Crippen LogP contribution in [0.2, 0.25) is 0 Å². The Kier molecular flexibility index (Phi) is 3.18. The minimum atomic E-state index is 0.487. The number of rotatable bonds is 3. The van der Waals surface area contributed by atoms with Crippen LogP contribution in [0.3, 0.4) is 0 Å². The molecule has 0 aromatic heterocycles. The van der Waals surface area contributed by atoms with Crippen LogP contribution in [0.1, 0.15) is 38.5 Å². The van der Waals surface area contributed by atoms with Crippen LogP contribution < -0.4 is 5.73 Å². The van der Waals surface area contributed by atoms with E-state index in [2.05, 4.69) is 9.80 Å². The number of hydrogen-bond donors (Lipinski definition) is 1. The Morgan fingerprint density at radius 1 is 0.938 bits per heavy atom. The van der Waals surface area contributed by atoms with Crippen molar-refractivity contribution < 1.29 is 0 Å². The molecule has 3 aliphatic rings. The zero-order valence-electron chi connectivity index (χ0n) is 10.3. The SMILES string of the molecule is NC1CC2CCC(C1)N2CCN1CCCC1. The topological polar surface area (TPSA) is 32.5 Å². The van der Waals surface area contributed by atoms with Gasteiger partial charge in [-0.05, 0) is 51.6 Å². The van der Waals surface area contributed by atoms with Crippen molar-refractivity contribution in [1.29, 1.82) is 0 Å². The van der Waals surface area contributed by atoms with E-state index >= 15 is 0 Å². The van der Waals surface area contributed by atoms with E-state index in [9.17, 15) is 0 Å². The van der Waals surface area contributed by atoms with Crippen molar-refractivity contribution in [1.82, 2.24) is 9.80 Å². The van der Waals surface area contributed by atoms with Crippen molar-refractivity contribution in [2.24, 2.45) is 5.73 Å². The Hall–Kier alpha value is -0.120. The third-order valence-corrected chi connectivity index (χ3v) is 4.79. The van der Waals surface area contributed by atoms with Gasteiger partial charge in [0.05, 0.1) is 0 Å². The average molecular weight is 223 g/mol. The Morgan fingerprint density at radius 2 is 1.56 bits per heavy atom. The van der Waals surface area contributed by atoms with E-state index in [1.165, 1.54) is 64.7 Å². The van der Waals surface area contributed by atoms with Crippen molar-refractivity contribution in [3.05, 3.63) is 0 Å². The summed E-state index contributed by atoms with van der Waals surface area (Å²) in [5.74, 6) is 0. The Bertz CT molecular complexity index is 223. The van der Waals surface area contributed by atoms with Crippen LogP contribution in [0, 0.1) is 0 Å². The molecule has 0 saturated carbocycles. The second kappa shape index (κ2) is 4.63. The molecule has 0 aromatic rings. The first-order valence-corrected chi connectivity index (χ1v) is 7.06. The van der Waals surface area contributed by atoms with Gasteiger partial charge in [-0.2, -0.15) is 0 Å². The molecule has 3 heterocycles. The third kappa shape index (κ3) is 2.13. The highest BCUT2D eigenvalue weighted by Gasteiger charge is 2.39. The van der Waals surface area contributed by atoms with Gasteiger partial charge in [0.2, 0.25) is 0 Å². The monoisotopic (exact) mass is 223 g/mol. The van der Waals surface area contributed by atoms with Crippen LogP contribution in [0.5, 0.6) is 0 Å². The first-order valence-electron chi connectivity index (χ1n) is 7.06. The van der Waals surface area contributed by atoms with Gasteiger partial charge in [0.15, 0.2) is 0 Å². The molecule has 2 unspecified atom stereocenters. The summed E-state index contributed by atoms with van der Waals surface area (Å²) in [5, 5.41) is 0. The summed E-state index contributed by atoms with van der Waals surface area (Å²) >= 11 is 0. The van der Waals surface area contributed by atoms with Gasteiger partial charge in [-0.3, -0.25) is 4.90 Å². The quantitative estimate of drug-likeness (QED) is 0.776. The molecule has 92 valence electrons. The van der Waals surface area contributed by atoms with Crippen LogP contribution in [0.25, 0.3) is 0 Å². The number of nitrogens with two attached hydrogens (primary N) is 1. The first-order chi connectivity index (χ1) is 7.83. The maximum Gasteiger partial charge on any atom is 0.0115 e. The minimum Gasteiger partial charge on any atom is -0.328 e. The van der Waals surface area contributed by atoms with Crippen molar-refractivity contribution >= 4 is 0 Å². The van der Waals surface area contributed by atoms with Crippen LogP contribution >= 0.6 is 0 Å². The molecule has 3 saturated heterocycles. The summed E-state index contributed by atoms with van der Waals surface area (Å²) in [4.78, 5) is 5.40. The molecule has 3 rings (SSSR count). The van der Waals surface area contributed by atoms with Crippen LogP contribution in [0.4, 0.5) is 0 Å². The Morgan fingerprint density at radius 3 is 2.19 bits per heavy atom. The zero-order valence-corrected chi connectivity index (χ0v) is 10.3. The molecule has 0 spiro atoms. The van der Waals surface area contributed by atoms with Gasteiger partial charge in [-0.25, -0.2) is 0 Å². The van der Waals surface area contributed by atoms with E-state index in [-0.39, 0.29) is 0 Å². The number of hydrogen-bond acceptors (Lipinski definition) is 3. The highest BCUT2D eigenvalue weighted by Crippen LogP contribution is 2.34. The van der Waals surface area contributed by atoms with Crippen molar-refractivity contribution in [3.8, 4) is 0 Å². The summed E-state index contributed by atoms with van der Waals surface area (Å²) in [6.45, 7) is 5.26. The molecule has 3 heteroatoms. The van der Waals surface area contributed by atoms with E-state index in [0.717, 1.165) is 12.1 Å². The minimum absolute atomic E-state index is 0.487. The molecule has 2 N–H and O–H groups in total. The van der Waals surface area contributed by atoms with Crippen LogP contribution in [-0.4, -0.2) is 54.1 Å². The number of likely N-dealkylation sites (tertiary alicyclic amines) is 1. The lowest BCUT2D eigenvalue weighted by atomic mass is 9.98. The molecule has 0 aromatic carbocycles.